The minimum Gasteiger partial charge on any atom is -0.465 e. The zero-order valence-electron chi connectivity index (χ0n) is 12.1. The van der Waals surface area contributed by atoms with E-state index in [1.54, 1.807) is 13.8 Å². The summed E-state index contributed by atoms with van der Waals surface area (Å²) in [7, 11) is 0. The van der Waals surface area contributed by atoms with Crippen molar-refractivity contribution in [1.82, 2.24) is 0 Å². The molecule has 20 heavy (non-hydrogen) atoms. The van der Waals surface area contributed by atoms with Gasteiger partial charge in [-0.15, -0.1) is 0 Å². The van der Waals surface area contributed by atoms with Crippen LogP contribution >= 0.6 is 11.8 Å². The summed E-state index contributed by atoms with van der Waals surface area (Å²) in [5, 5.41) is 0.462. The summed E-state index contributed by atoms with van der Waals surface area (Å²) in [6.45, 7) is 3.55. The average molecular weight is 302 g/mol. The standard InChI is InChI=1S/C14H22O5S/c1-3-18-13(16)12(14(17)19-4-2)11(15)9-20-10-7-5-6-8-10/h10,12H,3-9H2,1-2H3. The SMILES string of the molecule is CCOC(=O)C(C(=O)CSC1CCCC1)C(=O)OCC. The first kappa shape index (κ1) is 17.0. The number of ether oxygens (including phenoxy) is 2. The molecule has 0 spiro atoms. The van der Waals surface area contributed by atoms with Gasteiger partial charge in [0, 0.05) is 5.25 Å². The molecule has 0 unspecified atom stereocenters. The summed E-state index contributed by atoms with van der Waals surface area (Å²) in [6.07, 6.45) is 4.57. The fourth-order valence-electron chi connectivity index (χ4n) is 2.15. The molecule has 1 rings (SSSR count). The Labute approximate surface area is 123 Å². The highest BCUT2D eigenvalue weighted by Crippen LogP contribution is 2.29. The molecule has 6 heteroatoms. The number of Topliss-reactive ketones (excluding diaryl/α,β-unsaturated/α-hetero) is 1. The minimum absolute atomic E-state index is 0.137. The third-order valence-electron chi connectivity index (χ3n) is 3.13. The highest BCUT2D eigenvalue weighted by molar-refractivity contribution is 8.00. The molecule has 0 aliphatic heterocycles. The maximum Gasteiger partial charge on any atom is 0.328 e. The molecule has 1 saturated carbocycles. The molecular weight excluding hydrogens is 280 g/mol. The van der Waals surface area contributed by atoms with E-state index in [0.29, 0.717) is 5.25 Å². The number of carbonyl (C=O) groups is 3. The van der Waals surface area contributed by atoms with Crippen molar-refractivity contribution in [2.75, 3.05) is 19.0 Å². The quantitative estimate of drug-likeness (QED) is 0.504. The lowest BCUT2D eigenvalue weighted by atomic mass is 10.1. The van der Waals surface area contributed by atoms with E-state index in [0.717, 1.165) is 12.8 Å². The van der Waals surface area contributed by atoms with E-state index in [4.69, 9.17) is 9.47 Å². The molecular formula is C14H22O5S. The Balaban J connectivity index is 2.57. The van der Waals surface area contributed by atoms with Gasteiger partial charge in [0.15, 0.2) is 5.78 Å². The van der Waals surface area contributed by atoms with Crippen LogP contribution in [-0.4, -0.2) is 41.9 Å². The van der Waals surface area contributed by atoms with Crippen molar-refractivity contribution in [3.8, 4) is 0 Å². The van der Waals surface area contributed by atoms with Gasteiger partial charge in [0.05, 0.1) is 19.0 Å². The number of hydrogen-bond acceptors (Lipinski definition) is 6. The van der Waals surface area contributed by atoms with Gasteiger partial charge in [-0.1, -0.05) is 12.8 Å². The second-order valence-corrected chi connectivity index (χ2v) is 5.91. The van der Waals surface area contributed by atoms with Crippen LogP contribution in [0.1, 0.15) is 39.5 Å². The van der Waals surface area contributed by atoms with E-state index >= 15 is 0 Å². The van der Waals surface area contributed by atoms with Crippen molar-refractivity contribution in [2.24, 2.45) is 5.92 Å². The molecule has 0 amide bonds. The van der Waals surface area contributed by atoms with Crippen molar-refractivity contribution >= 4 is 29.5 Å². The maximum absolute atomic E-state index is 12.1. The van der Waals surface area contributed by atoms with E-state index in [1.165, 1.54) is 24.6 Å². The van der Waals surface area contributed by atoms with Crippen molar-refractivity contribution < 1.29 is 23.9 Å². The van der Waals surface area contributed by atoms with Crippen LogP contribution in [0.25, 0.3) is 0 Å². The number of esters is 2. The summed E-state index contributed by atoms with van der Waals surface area (Å²) in [5.41, 5.74) is 0. The third-order valence-corrected chi connectivity index (χ3v) is 4.52. The van der Waals surface area contributed by atoms with Crippen LogP contribution in [-0.2, 0) is 23.9 Å². The van der Waals surface area contributed by atoms with Crippen LogP contribution in [0.5, 0.6) is 0 Å². The fraction of sp³-hybridized carbons (Fsp3) is 0.786. The highest BCUT2D eigenvalue weighted by Gasteiger charge is 2.36. The smallest absolute Gasteiger partial charge is 0.328 e. The van der Waals surface area contributed by atoms with Gasteiger partial charge in [0.25, 0.3) is 0 Å². The van der Waals surface area contributed by atoms with Gasteiger partial charge in [-0.2, -0.15) is 11.8 Å². The van der Waals surface area contributed by atoms with Crippen LogP contribution in [0.3, 0.4) is 0 Å². The molecule has 1 aliphatic carbocycles. The van der Waals surface area contributed by atoms with Gasteiger partial charge in [-0.3, -0.25) is 14.4 Å². The molecule has 114 valence electrons. The van der Waals surface area contributed by atoms with Crippen molar-refractivity contribution in [3.63, 3.8) is 0 Å². The third kappa shape index (κ3) is 5.15. The summed E-state index contributed by atoms with van der Waals surface area (Å²) < 4.78 is 9.59. The van der Waals surface area contributed by atoms with Crippen LogP contribution in [0.4, 0.5) is 0 Å². The number of carbonyl (C=O) groups excluding carboxylic acids is 3. The van der Waals surface area contributed by atoms with Gasteiger partial charge in [-0.25, -0.2) is 0 Å². The van der Waals surface area contributed by atoms with E-state index < -0.39 is 23.6 Å². The lowest BCUT2D eigenvalue weighted by molar-refractivity contribution is -0.163. The summed E-state index contributed by atoms with van der Waals surface area (Å²) >= 11 is 1.53. The van der Waals surface area contributed by atoms with Gasteiger partial charge in [-0.05, 0) is 26.7 Å². The predicted molar refractivity (Wildman–Crippen MR) is 76.5 cm³/mol. The summed E-state index contributed by atoms with van der Waals surface area (Å²) in [4.78, 5) is 35.6. The minimum atomic E-state index is -1.43. The first-order valence-corrected chi connectivity index (χ1v) is 8.12. The second kappa shape index (κ2) is 9.00. The number of ketones is 1. The summed E-state index contributed by atoms with van der Waals surface area (Å²) in [6, 6.07) is 0. The number of rotatable bonds is 8. The zero-order chi connectivity index (χ0) is 15.0. The van der Waals surface area contributed by atoms with Crippen LogP contribution in [0.2, 0.25) is 0 Å². The monoisotopic (exact) mass is 302 g/mol. The second-order valence-electron chi connectivity index (χ2n) is 4.62. The molecule has 5 nitrogen and oxygen atoms in total. The van der Waals surface area contributed by atoms with Gasteiger partial charge < -0.3 is 9.47 Å². The van der Waals surface area contributed by atoms with Crippen LogP contribution < -0.4 is 0 Å². The van der Waals surface area contributed by atoms with E-state index in [9.17, 15) is 14.4 Å². The topological polar surface area (TPSA) is 69.7 Å². The molecule has 0 heterocycles. The van der Waals surface area contributed by atoms with Crippen LogP contribution in [0.15, 0.2) is 0 Å². The van der Waals surface area contributed by atoms with Crippen molar-refractivity contribution in [2.45, 2.75) is 44.8 Å². The Kier molecular flexibility index (Phi) is 7.65. The van der Waals surface area contributed by atoms with E-state index in [2.05, 4.69) is 0 Å². The van der Waals surface area contributed by atoms with Crippen molar-refractivity contribution in [1.29, 1.82) is 0 Å². The molecule has 0 saturated heterocycles. The number of hydrogen-bond donors (Lipinski definition) is 0. The Hall–Kier alpha value is -1.04. The molecule has 1 aliphatic rings. The molecule has 0 radical (unpaired) electrons. The molecule has 0 aromatic carbocycles. The van der Waals surface area contributed by atoms with E-state index in [1.807, 2.05) is 0 Å². The molecule has 0 aromatic heterocycles. The van der Waals surface area contributed by atoms with E-state index in [-0.39, 0.29) is 19.0 Å². The highest BCUT2D eigenvalue weighted by atomic mass is 32.2. The lowest BCUT2D eigenvalue weighted by Crippen LogP contribution is -2.36. The Morgan fingerprint density at radius 2 is 1.55 bits per heavy atom. The first-order chi connectivity index (χ1) is 9.60. The molecule has 0 bridgehead atoms. The molecule has 1 fully saturated rings. The first-order valence-electron chi connectivity index (χ1n) is 7.07. The lowest BCUT2D eigenvalue weighted by Gasteiger charge is -2.14. The fourth-order valence-corrected chi connectivity index (χ4v) is 3.38. The normalized spacial score (nSPS) is 15.3. The van der Waals surface area contributed by atoms with Gasteiger partial charge in [0.2, 0.25) is 5.92 Å². The number of thioether (sulfide) groups is 1. The zero-order valence-corrected chi connectivity index (χ0v) is 12.9. The Bertz CT molecular complexity index is 331. The average Bonchev–Trinajstić information content (AvgIpc) is 2.90. The van der Waals surface area contributed by atoms with Gasteiger partial charge in [0.1, 0.15) is 0 Å². The molecule has 0 atom stereocenters. The largest absolute Gasteiger partial charge is 0.465 e. The molecule has 0 aromatic rings. The van der Waals surface area contributed by atoms with Crippen LogP contribution in [0, 0.1) is 5.92 Å². The van der Waals surface area contributed by atoms with Crippen molar-refractivity contribution in [3.05, 3.63) is 0 Å². The predicted octanol–water partition coefficient (Wildman–Crippen LogP) is 1.97. The maximum atomic E-state index is 12.1. The Morgan fingerprint density at radius 3 is 2.00 bits per heavy atom. The summed E-state index contributed by atoms with van der Waals surface area (Å²) in [5.74, 6) is -3.29. The molecule has 0 N–H and O–H groups in total. The Morgan fingerprint density at radius 1 is 1.05 bits per heavy atom. The van der Waals surface area contributed by atoms with Gasteiger partial charge >= 0.3 is 11.9 Å².